The molecule has 4 heteroatoms. The summed E-state index contributed by atoms with van der Waals surface area (Å²) >= 11 is 1.74. The monoisotopic (exact) mass is 712 g/mol. The quantitative estimate of drug-likeness (QED) is 0.158. The van der Waals surface area contributed by atoms with Crippen molar-refractivity contribution in [1.82, 2.24) is 0 Å². The Labute approximate surface area is 293 Å². The zero-order valence-corrected chi connectivity index (χ0v) is 31.9. The van der Waals surface area contributed by atoms with Crippen LogP contribution in [0.2, 0.25) is 13.1 Å². The molecule has 0 amide bonds. The summed E-state index contributed by atoms with van der Waals surface area (Å²) in [4.78, 5) is 0. The molecule has 0 fully saturated rings. The van der Waals surface area contributed by atoms with E-state index in [1.807, 2.05) is 0 Å². The number of rotatable bonds is 6. The second kappa shape index (κ2) is 18.7. The minimum Gasteiger partial charge on any atom is -1.00 e. The maximum atomic E-state index is 2.33. The van der Waals surface area contributed by atoms with Crippen LogP contribution in [0, 0.1) is 0 Å². The van der Waals surface area contributed by atoms with Gasteiger partial charge in [0.2, 0.25) is 0 Å². The number of fused-ring (bicyclic) bond motifs is 2. The molecule has 0 saturated heterocycles. The third-order valence-corrected chi connectivity index (χ3v) is 7.78. The van der Waals surface area contributed by atoms with E-state index in [4.69, 9.17) is 0 Å². The predicted molar refractivity (Wildman–Crippen MR) is 185 cm³/mol. The van der Waals surface area contributed by atoms with Crippen molar-refractivity contribution in [2.24, 2.45) is 0 Å². The van der Waals surface area contributed by atoms with E-state index in [1.54, 1.807) is 23.3 Å². The van der Waals surface area contributed by atoms with E-state index in [9.17, 15) is 0 Å². The summed E-state index contributed by atoms with van der Waals surface area (Å²) in [6.45, 7) is 13.4. The van der Waals surface area contributed by atoms with Gasteiger partial charge in [0.25, 0.3) is 0 Å². The summed E-state index contributed by atoms with van der Waals surface area (Å²) < 4.78 is 0. The van der Waals surface area contributed by atoms with Crippen molar-refractivity contribution in [3.63, 3.8) is 0 Å². The first kappa shape index (κ1) is 38.0. The van der Waals surface area contributed by atoms with Crippen molar-refractivity contribution in [3.8, 4) is 22.3 Å². The topological polar surface area (TPSA) is 0 Å². The van der Waals surface area contributed by atoms with Gasteiger partial charge in [0.05, 0.1) is 0 Å². The van der Waals surface area contributed by atoms with Gasteiger partial charge >= 0.3 is 41.9 Å². The van der Waals surface area contributed by atoms with Gasteiger partial charge in [0.15, 0.2) is 0 Å². The first-order chi connectivity index (χ1) is 20.4. The minimum atomic E-state index is 0. The Morgan fingerprint density at radius 3 is 1.16 bits per heavy atom. The van der Waals surface area contributed by atoms with E-state index >= 15 is 0 Å². The van der Waals surface area contributed by atoms with Crippen LogP contribution in [-0.4, -0.2) is 5.43 Å². The van der Waals surface area contributed by atoms with Gasteiger partial charge in [-0.15, -0.1) is 69.1 Å². The maximum absolute atomic E-state index is 2.33. The van der Waals surface area contributed by atoms with Crippen LogP contribution in [-0.2, 0) is 49.0 Å². The Morgan fingerprint density at radius 2 is 0.864 bits per heavy atom. The SMILES string of the molecule is CCc1ccc(-c2cccc3[cH-]c(CC)cc23)cc1.CCc1ccc(-c2cccc3[cH-]c(CC)cc23)cc1.C[Si](C)=[Zr+2].[Cl-].[Cl-]. The van der Waals surface area contributed by atoms with E-state index in [2.05, 4.69) is 150 Å². The molecule has 0 atom stereocenters. The Balaban J connectivity index is 0.000000263. The Bertz CT molecular complexity index is 1610. The van der Waals surface area contributed by atoms with Gasteiger partial charge in [-0.1, -0.05) is 99.5 Å². The fourth-order valence-electron chi connectivity index (χ4n) is 5.35. The molecule has 6 aromatic carbocycles. The molecule has 0 nitrogen and oxygen atoms in total. The fourth-order valence-corrected chi connectivity index (χ4v) is 5.35. The van der Waals surface area contributed by atoms with Gasteiger partial charge in [-0.3, -0.25) is 0 Å². The molecule has 0 N–H and O–H groups in total. The van der Waals surface area contributed by atoms with E-state index in [-0.39, 0.29) is 30.2 Å². The number of hydrogen-bond acceptors (Lipinski definition) is 0. The number of aryl methyl sites for hydroxylation is 4. The Kier molecular flexibility index (Phi) is 16.1. The molecule has 6 rings (SSSR count). The van der Waals surface area contributed by atoms with E-state index in [0.29, 0.717) is 0 Å². The van der Waals surface area contributed by atoms with Gasteiger partial charge < -0.3 is 24.8 Å². The fraction of sp³-hybridized carbons (Fsp3) is 0.250. The maximum Gasteiger partial charge on any atom is -1.00 e. The summed E-state index contributed by atoms with van der Waals surface area (Å²) in [7, 11) is 0. The first-order valence-electron chi connectivity index (χ1n) is 15.4. The van der Waals surface area contributed by atoms with Gasteiger partial charge in [-0.2, -0.15) is 12.1 Å². The molecular formula is C40H44Cl2SiZr-2. The van der Waals surface area contributed by atoms with Crippen LogP contribution in [0.15, 0.2) is 109 Å². The summed E-state index contributed by atoms with van der Waals surface area (Å²) in [6, 6.07) is 40.4. The number of benzene rings is 4. The third-order valence-electron chi connectivity index (χ3n) is 7.78. The van der Waals surface area contributed by atoms with Crippen molar-refractivity contribution < 1.29 is 48.1 Å². The average molecular weight is 715 g/mol. The zero-order valence-electron chi connectivity index (χ0n) is 27.0. The average Bonchev–Trinajstić information content (AvgIpc) is 3.65. The summed E-state index contributed by atoms with van der Waals surface area (Å²) in [5.74, 6) is 0. The molecule has 0 aliphatic heterocycles. The second-order valence-corrected chi connectivity index (χ2v) is 20.5. The van der Waals surface area contributed by atoms with E-state index < -0.39 is 0 Å². The van der Waals surface area contributed by atoms with Crippen molar-refractivity contribution in [1.29, 1.82) is 0 Å². The van der Waals surface area contributed by atoms with Gasteiger partial charge in [0.1, 0.15) is 0 Å². The van der Waals surface area contributed by atoms with Gasteiger partial charge in [-0.25, -0.2) is 0 Å². The van der Waals surface area contributed by atoms with E-state index in [0.717, 1.165) is 25.7 Å². The smallest absolute Gasteiger partial charge is 1.00 e. The van der Waals surface area contributed by atoms with Crippen LogP contribution in [0.25, 0.3) is 43.8 Å². The summed E-state index contributed by atoms with van der Waals surface area (Å²) in [5.41, 5.74) is 11.2. The molecule has 0 saturated carbocycles. The molecule has 228 valence electrons. The largest absolute Gasteiger partial charge is 1.00 e. The number of halogens is 2. The first-order valence-corrected chi connectivity index (χ1v) is 21.6. The van der Waals surface area contributed by atoms with Crippen LogP contribution in [0.3, 0.4) is 0 Å². The molecule has 0 aliphatic carbocycles. The van der Waals surface area contributed by atoms with E-state index in [1.165, 1.54) is 66.1 Å². The molecule has 44 heavy (non-hydrogen) atoms. The van der Waals surface area contributed by atoms with Crippen LogP contribution < -0.4 is 24.8 Å². The Morgan fingerprint density at radius 1 is 0.523 bits per heavy atom. The van der Waals surface area contributed by atoms with Crippen molar-refractivity contribution >= 4 is 27.0 Å². The van der Waals surface area contributed by atoms with Crippen molar-refractivity contribution in [2.75, 3.05) is 0 Å². The molecule has 0 spiro atoms. The predicted octanol–water partition coefficient (Wildman–Crippen LogP) is 5.49. The third kappa shape index (κ3) is 9.89. The van der Waals surface area contributed by atoms with Crippen molar-refractivity contribution in [2.45, 2.75) is 66.5 Å². The number of hydrogen-bond donors (Lipinski definition) is 0. The Hall–Kier alpha value is -2.22. The molecule has 0 aliphatic rings. The molecule has 0 unspecified atom stereocenters. The summed E-state index contributed by atoms with van der Waals surface area (Å²) in [5, 5.41) is 5.47. The summed E-state index contributed by atoms with van der Waals surface area (Å²) in [6.07, 6.45) is 4.40. The molecule has 0 bridgehead atoms. The van der Waals surface area contributed by atoms with Crippen LogP contribution in [0.1, 0.15) is 49.9 Å². The zero-order chi connectivity index (χ0) is 30.1. The second-order valence-electron chi connectivity index (χ2n) is 11.2. The van der Waals surface area contributed by atoms with Crippen molar-refractivity contribution in [3.05, 3.63) is 131 Å². The van der Waals surface area contributed by atoms with Crippen LogP contribution in [0.5, 0.6) is 0 Å². The van der Waals surface area contributed by atoms with Crippen LogP contribution in [0.4, 0.5) is 0 Å². The van der Waals surface area contributed by atoms with Gasteiger partial charge in [0, 0.05) is 0 Å². The van der Waals surface area contributed by atoms with Gasteiger partial charge in [-0.05, 0) is 47.9 Å². The normalized spacial score (nSPS) is 10.2. The molecule has 0 radical (unpaired) electrons. The molecule has 0 heterocycles. The van der Waals surface area contributed by atoms with Crippen LogP contribution >= 0.6 is 0 Å². The molecule has 6 aromatic rings. The minimum absolute atomic E-state index is 0. The molecule has 0 aromatic heterocycles. The molecular weight excluding hydrogens is 671 g/mol. The standard InChI is InChI=1S/2C19H19.C2H6Si.2ClH.Zr/c2*1-3-14-8-10-16(11-9-14)18-7-5-6-17-12-15(4-2)13-19(17)18;1-3-2;;;/h2*5-13H,3-4H2,1-2H3;1-2H3;2*1H;/q2*-1;;;;+2/p-2.